The van der Waals surface area contributed by atoms with Gasteiger partial charge in [0.2, 0.25) is 5.91 Å². The quantitative estimate of drug-likeness (QED) is 0.901. The van der Waals surface area contributed by atoms with Gasteiger partial charge in [0.25, 0.3) is 0 Å². The Morgan fingerprint density at radius 2 is 2.15 bits per heavy atom. The van der Waals surface area contributed by atoms with E-state index < -0.39 is 24.7 Å². The van der Waals surface area contributed by atoms with Crippen molar-refractivity contribution in [3.63, 3.8) is 0 Å². The second kappa shape index (κ2) is 5.70. The Kier molecular flexibility index (Phi) is 4.17. The number of carbonyl (C=O) groups is 1. The molecule has 1 unspecified atom stereocenters. The van der Waals surface area contributed by atoms with E-state index in [1.165, 1.54) is 0 Å². The topological polar surface area (TPSA) is 41.6 Å². The van der Waals surface area contributed by atoms with Crippen molar-refractivity contribution in [2.24, 2.45) is 0 Å². The molecule has 0 spiro atoms. The average Bonchev–Trinajstić information content (AvgIpc) is 2.58. The number of hydrogen-bond donors (Lipinski definition) is 1. The number of alkyl halides is 3. The van der Waals surface area contributed by atoms with Crippen molar-refractivity contribution in [2.45, 2.75) is 12.2 Å². The smallest absolute Gasteiger partial charge is 0.406 e. The molecule has 4 nitrogen and oxygen atoms in total. The second-order valence-corrected chi connectivity index (χ2v) is 4.58. The summed E-state index contributed by atoms with van der Waals surface area (Å²) in [5, 5.41) is 2.92. The minimum absolute atomic E-state index is 0.365. The van der Waals surface area contributed by atoms with Gasteiger partial charge in [-0.3, -0.25) is 10.1 Å². The number of fused-ring (bicyclic) bond motifs is 1. The second-order valence-electron chi connectivity index (χ2n) is 4.58. The number of halogens is 3. The first-order chi connectivity index (χ1) is 9.38. The van der Waals surface area contributed by atoms with Crippen molar-refractivity contribution in [2.75, 3.05) is 26.7 Å². The normalized spacial score (nSPS) is 18.7. The standard InChI is InChI=1S/C13H15F3N2O2/c1-18(8-13(14,15)16)12(19)11-9-4-2-3-5-10(9)20-7-6-17-11/h2-5,11,17H,6-8H2,1H3. The van der Waals surface area contributed by atoms with Crippen LogP contribution in [0.2, 0.25) is 0 Å². The van der Waals surface area contributed by atoms with Gasteiger partial charge < -0.3 is 9.64 Å². The van der Waals surface area contributed by atoms with Gasteiger partial charge >= 0.3 is 6.18 Å². The highest BCUT2D eigenvalue weighted by Gasteiger charge is 2.35. The number of para-hydroxylation sites is 1. The van der Waals surface area contributed by atoms with Gasteiger partial charge in [-0.25, -0.2) is 0 Å². The number of amides is 1. The largest absolute Gasteiger partial charge is 0.492 e. The van der Waals surface area contributed by atoms with Crippen LogP contribution in [0, 0.1) is 0 Å². The molecule has 1 aromatic carbocycles. The molecule has 1 atom stereocenters. The lowest BCUT2D eigenvalue weighted by Gasteiger charge is -2.25. The van der Waals surface area contributed by atoms with E-state index in [-0.39, 0.29) is 0 Å². The first kappa shape index (κ1) is 14.6. The molecule has 0 aliphatic carbocycles. The average molecular weight is 288 g/mol. The Bertz CT molecular complexity index is 491. The van der Waals surface area contributed by atoms with Crippen LogP contribution >= 0.6 is 0 Å². The highest BCUT2D eigenvalue weighted by Crippen LogP contribution is 2.28. The maximum absolute atomic E-state index is 12.4. The number of likely N-dealkylation sites (N-methyl/N-ethyl adjacent to an activating group) is 1. The molecule has 1 N–H and O–H groups in total. The van der Waals surface area contributed by atoms with Crippen LogP contribution in [-0.4, -0.2) is 43.7 Å². The van der Waals surface area contributed by atoms with Crippen molar-refractivity contribution >= 4 is 5.91 Å². The van der Waals surface area contributed by atoms with Crippen LogP contribution in [0.4, 0.5) is 13.2 Å². The molecule has 1 heterocycles. The number of nitrogens with one attached hydrogen (secondary N) is 1. The van der Waals surface area contributed by atoms with Gasteiger partial charge in [0.05, 0.1) is 0 Å². The van der Waals surface area contributed by atoms with Crippen LogP contribution in [0.15, 0.2) is 24.3 Å². The van der Waals surface area contributed by atoms with E-state index in [1.807, 2.05) is 0 Å². The zero-order valence-corrected chi connectivity index (χ0v) is 10.9. The van der Waals surface area contributed by atoms with Crippen molar-refractivity contribution in [1.82, 2.24) is 10.2 Å². The maximum atomic E-state index is 12.4. The first-order valence-electron chi connectivity index (χ1n) is 6.15. The number of hydrogen-bond acceptors (Lipinski definition) is 3. The van der Waals surface area contributed by atoms with Crippen molar-refractivity contribution < 1.29 is 22.7 Å². The van der Waals surface area contributed by atoms with Crippen LogP contribution < -0.4 is 10.1 Å². The van der Waals surface area contributed by atoms with Crippen LogP contribution in [0.3, 0.4) is 0 Å². The molecule has 0 saturated carbocycles. The zero-order chi connectivity index (χ0) is 14.8. The minimum atomic E-state index is -4.41. The molecular formula is C13H15F3N2O2. The fourth-order valence-corrected chi connectivity index (χ4v) is 2.11. The molecule has 1 aliphatic heterocycles. The van der Waals surface area contributed by atoms with Crippen LogP contribution in [0.1, 0.15) is 11.6 Å². The van der Waals surface area contributed by atoms with Crippen LogP contribution in [0.5, 0.6) is 5.75 Å². The highest BCUT2D eigenvalue weighted by atomic mass is 19.4. The highest BCUT2D eigenvalue weighted by molar-refractivity contribution is 5.84. The fourth-order valence-electron chi connectivity index (χ4n) is 2.11. The predicted molar refractivity (Wildman–Crippen MR) is 66.4 cm³/mol. The third kappa shape index (κ3) is 3.41. The molecule has 0 fully saturated rings. The van der Waals surface area contributed by atoms with Gasteiger partial charge in [-0.2, -0.15) is 13.2 Å². The predicted octanol–water partition coefficient (Wildman–Crippen LogP) is 1.73. The van der Waals surface area contributed by atoms with Gasteiger partial charge in [-0.1, -0.05) is 18.2 Å². The maximum Gasteiger partial charge on any atom is 0.406 e. The molecule has 2 rings (SSSR count). The Morgan fingerprint density at radius 1 is 1.45 bits per heavy atom. The van der Waals surface area contributed by atoms with Gasteiger partial charge in [0, 0.05) is 19.2 Å². The lowest BCUT2D eigenvalue weighted by atomic mass is 10.0. The summed E-state index contributed by atoms with van der Waals surface area (Å²) in [7, 11) is 1.14. The lowest BCUT2D eigenvalue weighted by molar-refractivity contribution is -0.159. The van der Waals surface area contributed by atoms with Gasteiger partial charge in [-0.15, -0.1) is 0 Å². The third-order valence-corrected chi connectivity index (χ3v) is 2.98. The third-order valence-electron chi connectivity index (χ3n) is 2.98. The molecule has 1 aliphatic rings. The molecule has 0 radical (unpaired) electrons. The summed E-state index contributed by atoms with van der Waals surface area (Å²) >= 11 is 0. The summed E-state index contributed by atoms with van der Waals surface area (Å²) in [6, 6.07) is 6.04. The summed E-state index contributed by atoms with van der Waals surface area (Å²) in [5.74, 6) is -0.100. The van der Waals surface area contributed by atoms with Gasteiger partial charge in [0.15, 0.2) is 0 Å². The lowest BCUT2D eigenvalue weighted by Crippen LogP contribution is -2.43. The summed E-state index contributed by atoms with van der Waals surface area (Å²) in [5.41, 5.74) is 0.559. The van der Waals surface area contributed by atoms with E-state index in [0.717, 1.165) is 7.05 Å². The van der Waals surface area contributed by atoms with Gasteiger partial charge in [0.1, 0.15) is 24.9 Å². The first-order valence-corrected chi connectivity index (χ1v) is 6.15. The Hall–Kier alpha value is -1.76. The fraction of sp³-hybridized carbons (Fsp3) is 0.462. The minimum Gasteiger partial charge on any atom is -0.492 e. The molecule has 110 valence electrons. The molecular weight excluding hydrogens is 273 g/mol. The molecule has 1 aromatic rings. The van der Waals surface area contributed by atoms with Crippen LogP contribution in [-0.2, 0) is 4.79 Å². The molecule has 20 heavy (non-hydrogen) atoms. The Labute approximate surface area is 114 Å². The Balaban J connectivity index is 2.21. The number of benzene rings is 1. The van der Waals surface area contributed by atoms with Crippen molar-refractivity contribution in [3.05, 3.63) is 29.8 Å². The van der Waals surface area contributed by atoms with Crippen molar-refractivity contribution in [1.29, 1.82) is 0 Å². The Morgan fingerprint density at radius 3 is 2.85 bits per heavy atom. The van der Waals surface area contributed by atoms with Gasteiger partial charge in [-0.05, 0) is 6.07 Å². The molecule has 0 aromatic heterocycles. The molecule has 1 amide bonds. The monoisotopic (exact) mass is 288 g/mol. The number of rotatable bonds is 2. The molecule has 0 bridgehead atoms. The number of nitrogens with zero attached hydrogens (tertiary/aromatic N) is 1. The SMILES string of the molecule is CN(CC(F)(F)F)C(=O)C1NCCOc2ccccc21. The van der Waals surface area contributed by atoms with E-state index >= 15 is 0 Å². The van der Waals surface area contributed by atoms with Crippen LogP contribution in [0.25, 0.3) is 0 Å². The van der Waals surface area contributed by atoms with E-state index in [1.54, 1.807) is 24.3 Å². The molecule has 0 saturated heterocycles. The summed E-state index contributed by atoms with van der Waals surface area (Å²) < 4.78 is 42.6. The van der Waals surface area contributed by atoms with E-state index in [2.05, 4.69) is 5.32 Å². The zero-order valence-electron chi connectivity index (χ0n) is 10.9. The van der Waals surface area contributed by atoms with E-state index in [4.69, 9.17) is 4.74 Å². The number of carbonyl (C=O) groups excluding carboxylic acids is 1. The van der Waals surface area contributed by atoms with Crippen molar-refractivity contribution in [3.8, 4) is 5.75 Å². The number of ether oxygens (including phenoxy) is 1. The summed E-state index contributed by atoms with van der Waals surface area (Å²) in [6.07, 6.45) is -4.41. The van der Waals surface area contributed by atoms with E-state index in [9.17, 15) is 18.0 Å². The summed E-state index contributed by atoms with van der Waals surface area (Å²) in [6.45, 7) is -0.512. The molecule has 7 heteroatoms. The summed E-state index contributed by atoms with van der Waals surface area (Å²) in [4.78, 5) is 12.9. The van der Waals surface area contributed by atoms with E-state index in [0.29, 0.717) is 29.4 Å².